The molecule has 1 aliphatic rings. The van der Waals surface area contributed by atoms with Crippen LogP contribution in [0.2, 0.25) is 0 Å². The van der Waals surface area contributed by atoms with Gasteiger partial charge in [-0.1, -0.05) is 13.0 Å². The van der Waals surface area contributed by atoms with Gasteiger partial charge in [0.2, 0.25) is 0 Å². The molecule has 1 atom stereocenters. The van der Waals surface area contributed by atoms with E-state index in [0.717, 1.165) is 36.5 Å². The van der Waals surface area contributed by atoms with Gasteiger partial charge in [-0.25, -0.2) is 15.0 Å². The second-order valence-electron chi connectivity index (χ2n) is 9.84. The molecular weight excluding hydrogens is 508 g/mol. The molecule has 40 heavy (non-hydrogen) atoms. The van der Waals surface area contributed by atoms with E-state index in [1.54, 1.807) is 30.4 Å². The van der Waals surface area contributed by atoms with E-state index in [1.165, 1.54) is 0 Å². The topological polar surface area (TPSA) is 119 Å². The second-order valence-corrected chi connectivity index (χ2v) is 9.84. The molecule has 4 heterocycles. The fourth-order valence-electron chi connectivity index (χ4n) is 4.72. The number of likely N-dealkylation sites (tertiary alicyclic amines) is 1. The smallest absolute Gasteiger partial charge is 0.184 e. The summed E-state index contributed by atoms with van der Waals surface area (Å²) in [5.74, 6) is 3.02. The van der Waals surface area contributed by atoms with Crippen LogP contribution >= 0.6 is 0 Å². The van der Waals surface area contributed by atoms with Gasteiger partial charge >= 0.3 is 0 Å². The number of aryl methyl sites for hydroxylation is 2. The number of likely N-dealkylation sites (N-methyl/N-ethyl adjacent to an activating group) is 1. The second kappa shape index (κ2) is 11.7. The first kappa shape index (κ1) is 27.1. The minimum atomic E-state index is -0.0314. The third-order valence-electron chi connectivity index (χ3n) is 6.79. The first-order chi connectivity index (χ1) is 19.3. The molecule has 1 fully saturated rings. The summed E-state index contributed by atoms with van der Waals surface area (Å²) in [5.41, 5.74) is 3.26. The summed E-state index contributed by atoms with van der Waals surface area (Å²) < 4.78 is 13.6. The normalized spacial score (nSPS) is 15.2. The zero-order valence-electron chi connectivity index (χ0n) is 23.4. The van der Waals surface area contributed by atoms with Crippen molar-refractivity contribution in [3.63, 3.8) is 0 Å². The Morgan fingerprint density at radius 2 is 1.95 bits per heavy atom. The van der Waals surface area contributed by atoms with Crippen molar-refractivity contribution >= 4 is 28.8 Å². The highest BCUT2D eigenvalue weighted by Gasteiger charge is 2.22. The van der Waals surface area contributed by atoms with Crippen LogP contribution < -0.4 is 20.1 Å². The molecule has 0 aliphatic carbocycles. The third kappa shape index (κ3) is 5.89. The standard InChI is InChI=1S/C29H34N8O3/c1-6-24(38)21-15-30-27(34-26-11-10-25(18(2)32-26)40-19-12-13-36(3)16-19)14-23(21)33-22-9-7-8-20(28(22)39-5)29-31-17-37(4)35-29/h7-11,14-15,17,19H,6,12-13,16H2,1-5H3,(H2,30,32,33,34)/t19-/m1/s1. The molecule has 1 aromatic carbocycles. The molecule has 1 saturated heterocycles. The van der Waals surface area contributed by atoms with E-state index in [-0.39, 0.29) is 11.9 Å². The molecule has 4 aromatic rings. The fourth-order valence-corrected chi connectivity index (χ4v) is 4.72. The Morgan fingerprint density at radius 3 is 2.62 bits per heavy atom. The number of pyridine rings is 2. The highest BCUT2D eigenvalue weighted by Crippen LogP contribution is 2.37. The van der Waals surface area contributed by atoms with Gasteiger partial charge in [-0.2, -0.15) is 5.10 Å². The predicted molar refractivity (Wildman–Crippen MR) is 154 cm³/mol. The number of methoxy groups -OCH3 is 1. The van der Waals surface area contributed by atoms with E-state index in [9.17, 15) is 4.79 Å². The Kier molecular flexibility index (Phi) is 7.92. The Balaban J connectivity index is 1.41. The number of carbonyl (C=O) groups excluding carboxylic acids is 1. The molecule has 11 nitrogen and oxygen atoms in total. The highest BCUT2D eigenvalue weighted by atomic mass is 16.5. The molecule has 11 heteroatoms. The number of rotatable bonds is 10. The summed E-state index contributed by atoms with van der Waals surface area (Å²) in [6.07, 6.45) is 4.73. The lowest BCUT2D eigenvalue weighted by molar-refractivity contribution is 0.0988. The molecule has 0 radical (unpaired) electrons. The molecule has 0 unspecified atom stereocenters. The van der Waals surface area contributed by atoms with Crippen LogP contribution in [-0.4, -0.2) is 68.8 Å². The lowest BCUT2D eigenvalue weighted by atomic mass is 10.1. The summed E-state index contributed by atoms with van der Waals surface area (Å²) in [5, 5.41) is 11.1. The van der Waals surface area contributed by atoms with Crippen molar-refractivity contribution in [1.29, 1.82) is 0 Å². The number of carbonyl (C=O) groups is 1. The Morgan fingerprint density at radius 1 is 1.10 bits per heavy atom. The quantitative estimate of drug-likeness (QED) is 0.272. The zero-order chi connectivity index (χ0) is 28.2. The number of hydrogen-bond acceptors (Lipinski definition) is 10. The van der Waals surface area contributed by atoms with Crippen molar-refractivity contribution in [3.05, 3.63) is 60.2 Å². The molecule has 0 amide bonds. The summed E-state index contributed by atoms with van der Waals surface area (Å²) in [4.78, 5) is 28.6. The van der Waals surface area contributed by atoms with Gasteiger partial charge in [0.05, 0.1) is 35.3 Å². The average molecular weight is 543 g/mol. The van der Waals surface area contributed by atoms with E-state index < -0.39 is 0 Å². The number of anilines is 4. The molecular formula is C29H34N8O3. The maximum absolute atomic E-state index is 12.8. The fraction of sp³-hybridized carbons (Fsp3) is 0.345. The van der Waals surface area contributed by atoms with Crippen molar-refractivity contribution in [2.45, 2.75) is 32.8 Å². The monoisotopic (exact) mass is 542 g/mol. The summed E-state index contributed by atoms with van der Waals surface area (Å²) in [7, 11) is 5.50. The largest absolute Gasteiger partial charge is 0.494 e. The number of benzene rings is 1. The van der Waals surface area contributed by atoms with E-state index in [0.29, 0.717) is 46.6 Å². The minimum Gasteiger partial charge on any atom is -0.494 e. The van der Waals surface area contributed by atoms with Gasteiger partial charge in [-0.05, 0) is 44.7 Å². The van der Waals surface area contributed by atoms with Gasteiger partial charge in [0.15, 0.2) is 17.4 Å². The minimum absolute atomic E-state index is 0.0314. The van der Waals surface area contributed by atoms with Crippen molar-refractivity contribution < 1.29 is 14.3 Å². The van der Waals surface area contributed by atoms with Crippen LogP contribution in [-0.2, 0) is 7.05 Å². The van der Waals surface area contributed by atoms with Gasteiger partial charge in [-0.3, -0.25) is 9.48 Å². The molecule has 5 rings (SSSR count). The first-order valence-corrected chi connectivity index (χ1v) is 13.3. The van der Waals surface area contributed by atoms with Crippen LogP contribution in [0.4, 0.5) is 23.0 Å². The zero-order valence-corrected chi connectivity index (χ0v) is 23.4. The average Bonchev–Trinajstić information content (AvgIpc) is 3.57. The lowest BCUT2D eigenvalue weighted by Crippen LogP contribution is -2.21. The molecule has 0 spiro atoms. The van der Waals surface area contributed by atoms with Crippen LogP contribution in [0.3, 0.4) is 0 Å². The first-order valence-electron chi connectivity index (χ1n) is 13.3. The third-order valence-corrected chi connectivity index (χ3v) is 6.79. The van der Waals surface area contributed by atoms with Crippen LogP contribution in [0, 0.1) is 6.92 Å². The van der Waals surface area contributed by atoms with Crippen LogP contribution in [0.25, 0.3) is 11.4 Å². The summed E-state index contributed by atoms with van der Waals surface area (Å²) in [6.45, 7) is 5.70. The Labute approximate surface area is 233 Å². The molecule has 208 valence electrons. The number of nitrogens with one attached hydrogen (secondary N) is 2. The maximum atomic E-state index is 12.8. The number of para-hydroxylation sites is 1. The number of nitrogens with zero attached hydrogens (tertiary/aromatic N) is 6. The Hall–Kier alpha value is -4.51. The predicted octanol–water partition coefficient (Wildman–Crippen LogP) is 4.75. The Bertz CT molecular complexity index is 1520. The molecule has 1 aliphatic heterocycles. The van der Waals surface area contributed by atoms with Crippen molar-refractivity contribution in [2.75, 3.05) is 37.9 Å². The van der Waals surface area contributed by atoms with Crippen molar-refractivity contribution in [3.8, 4) is 22.9 Å². The molecule has 2 N–H and O–H groups in total. The molecule has 3 aromatic heterocycles. The number of ether oxygens (including phenoxy) is 2. The number of aromatic nitrogens is 5. The van der Waals surface area contributed by atoms with Gasteiger partial charge in [0, 0.05) is 38.8 Å². The van der Waals surface area contributed by atoms with Gasteiger partial charge in [0.25, 0.3) is 0 Å². The van der Waals surface area contributed by atoms with Crippen LogP contribution in [0.5, 0.6) is 11.5 Å². The summed E-state index contributed by atoms with van der Waals surface area (Å²) >= 11 is 0. The van der Waals surface area contributed by atoms with Crippen molar-refractivity contribution in [1.82, 2.24) is 29.6 Å². The van der Waals surface area contributed by atoms with Gasteiger partial charge in [-0.15, -0.1) is 0 Å². The maximum Gasteiger partial charge on any atom is 0.184 e. The molecule has 0 bridgehead atoms. The lowest BCUT2D eigenvalue weighted by Gasteiger charge is -2.17. The van der Waals surface area contributed by atoms with Gasteiger partial charge < -0.3 is 25.0 Å². The number of Topliss-reactive ketones (excluding diaryl/α,β-unsaturated/α-hetero) is 1. The van der Waals surface area contributed by atoms with Crippen molar-refractivity contribution in [2.24, 2.45) is 7.05 Å². The van der Waals surface area contributed by atoms with Crippen LogP contribution in [0.15, 0.2) is 48.9 Å². The van der Waals surface area contributed by atoms with E-state index in [4.69, 9.17) is 9.47 Å². The molecule has 0 saturated carbocycles. The van der Waals surface area contributed by atoms with E-state index in [2.05, 4.69) is 42.6 Å². The van der Waals surface area contributed by atoms with E-state index >= 15 is 0 Å². The number of hydrogen-bond donors (Lipinski definition) is 2. The van der Waals surface area contributed by atoms with E-state index in [1.807, 2.05) is 51.2 Å². The summed E-state index contributed by atoms with van der Waals surface area (Å²) in [6, 6.07) is 11.3. The number of ketones is 1. The van der Waals surface area contributed by atoms with Gasteiger partial charge in [0.1, 0.15) is 29.8 Å². The highest BCUT2D eigenvalue weighted by molar-refractivity contribution is 6.02. The van der Waals surface area contributed by atoms with Crippen LogP contribution in [0.1, 0.15) is 35.8 Å². The SMILES string of the molecule is CCC(=O)c1cnc(Nc2ccc(O[C@@H]3CCN(C)C3)c(C)n2)cc1Nc1cccc(-c2ncn(C)n2)c1OC.